The minimum absolute atomic E-state index is 0.00713. The largest absolute Gasteiger partial charge is 0.396 e. The first kappa shape index (κ1) is 14.8. The van der Waals surface area contributed by atoms with E-state index in [0.717, 1.165) is 25.8 Å². The number of anilines is 1. The topological polar surface area (TPSA) is 88.3 Å². The van der Waals surface area contributed by atoms with E-state index in [1.807, 2.05) is 0 Å². The molecule has 0 unspecified atom stereocenters. The zero-order valence-corrected chi connectivity index (χ0v) is 11.7. The van der Waals surface area contributed by atoms with E-state index >= 15 is 0 Å². The Morgan fingerprint density at radius 3 is 2.83 bits per heavy atom. The number of aliphatic hydroxyl groups excluding tert-OH is 1. The molecule has 0 saturated heterocycles. The third-order valence-electron chi connectivity index (χ3n) is 2.56. The minimum Gasteiger partial charge on any atom is -0.396 e. The minimum atomic E-state index is -0.446. The predicted octanol–water partition coefficient (Wildman–Crippen LogP) is 2.64. The van der Waals surface area contributed by atoms with E-state index in [2.05, 4.69) is 26.2 Å². The third kappa shape index (κ3) is 3.92. The van der Waals surface area contributed by atoms with E-state index in [1.165, 1.54) is 6.20 Å². The van der Waals surface area contributed by atoms with Gasteiger partial charge in [0.25, 0.3) is 5.69 Å². The second kappa shape index (κ2) is 7.27. The highest BCUT2D eigenvalue weighted by Crippen LogP contribution is 2.30. The van der Waals surface area contributed by atoms with Crippen LogP contribution in [0, 0.1) is 17.0 Å². The summed E-state index contributed by atoms with van der Waals surface area (Å²) in [6.07, 6.45) is 3.91. The molecule has 2 N–H and O–H groups in total. The molecule has 6 nitrogen and oxygen atoms in total. The Balaban J connectivity index is 2.62. The quantitative estimate of drug-likeness (QED) is 0.458. The highest BCUT2D eigenvalue weighted by Gasteiger charge is 2.16. The molecule has 1 heterocycles. The van der Waals surface area contributed by atoms with E-state index < -0.39 is 4.92 Å². The zero-order valence-electron chi connectivity index (χ0n) is 10.1. The summed E-state index contributed by atoms with van der Waals surface area (Å²) in [5.74, 6) is 0.613. The van der Waals surface area contributed by atoms with Gasteiger partial charge in [-0.15, -0.1) is 0 Å². The van der Waals surface area contributed by atoms with Gasteiger partial charge in [-0.1, -0.05) is 0 Å². The van der Waals surface area contributed by atoms with Crippen LogP contribution < -0.4 is 5.32 Å². The Morgan fingerprint density at radius 2 is 2.22 bits per heavy atom. The lowest BCUT2D eigenvalue weighted by atomic mass is 10.2. The molecular formula is C11H16BrN3O3. The van der Waals surface area contributed by atoms with Gasteiger partial charge in [-0.2, -0.15) is 0 Å². The molecule has 1 rings (SSSR count). The molecule has 100 valence electrons. The van der Waals surface area contributed by atoms with Crippen LogP contribution in [0.25, 0.3) is 0 Å². The van der Waals surface area contributed by atoms with Crippen molar-refractivity contribution in [1.29, 1.82) is 0 Å². The molecule has 1 aromatic heterocycles. The Kier molecular flexibility index (Phi) is 6.00. The molecule has 7 heteroatoms. The van der Waals surface area contributed by atoms with Crippen molar-refractivity contribution in [3.05, 3.63) is 26.3 Å². The molecule has 18 heavy (non-hydrogen) atoms. The summed E-state index contributed by atoms with van der Waals surface area (Å²) < 4.78 is 0.624. The smallest absolute Gasteiger partial charge is 0.291 e. The fourth-order valence-electron chi connectivity index (χ4n) is 1.50. The molecule has 1 aromatic rings. The van der Waals surface area contributed by atoms with Gasteiger partial charge in [0.2, 0.25) is 0 Å². The van der Waals surface area contributed by atoms with Crippen molar-refractivity contribution in [2.24, 2.45) is 0 Å². The van der Waals surface area contributed by atoms with Crippen molar-refractivity contribution in [2.45, 2.75) is 26.2 Å². The SMILES string of the molecule is Cc1c([N+](=O)[O-])cnc(NCCCCCO)c1Br. The maximum atomic E-state index is 10.7. The molecule has 0 aliphatic heterocycles. The Hall–Kier alpha value is -1.21. The number of hydrogen-bond donors (Lipinski definition) is 2. The second-order valence-electron chi connectivity index (χ2n) is 3.90. The summed E-state index contributed by atoms with van der Waals surface area (Å²) in [5, 5.41) is 22.5. The summed E-state index contributed by atoms with van der Waals surface area (Å²) in [4.78, 5) is 14.3. The van der Waals surface area contributed by atoms with E-state index in [9.17, 15) is 10.1 Å². The first-order valence-corrected chi connectivity index (χ1v) is 6.51. The summed E-state index contributed by atoms with van der Waals surface area (Å²) in [5.41, 5.74) is 0.570. The van der Waals surface area contributed by atoms with Crippen molar-refractivity contribution in [3.63, 3.8) is 0 Å². The highest BCUT2D eigenvalue weighted by atomic mass is 79.9. The maximum absolute atomic E-state index is 10.7. The summed E-state index contributed by atoms with van der Waals surface area (Å²) in [7, 11) is 0. The maximum Gasteiger partial charge on any atom is 0.291 e. The average Bonchev–Trinajstić information content (AvgIpc) is 2.33. The lowest BCUT2D eigenvalue weighted by molar-refractivity contribution is -0.385. The van der Waals surface area contributed by atoms with Gasteiger partial charge in [0.05, 0.1) is 9.40 Å². The Bertz CT molecular complexity index is 426. The van der Waals surface area contributed by atoms with Crippen LogP contribution in [0.5, 0.6) is 0 Å². The van der Waals surface area contributed by atoms with Crippen molar-refractivity contribution < 1.29 is 10.0 Å². The third-order valence-corrected chi connectivity index (χ3v) is 3.53. The van der Waals surface area contributed by atoms with E-state index in [4.69, 9.17) is 5.11 Å². The van der Waals surface area contributed by atoms with Crippen LogP contribution in [0.4, 0.5) is 11.5 Å². The van der Waals surface area contributed by atoms with Gasteiger partial charge in [0.1, 0.15) is 12.0 Å². The lowest BCUT2D eigenvalue weighted by Crippen LogP contribution is -2.06. The number of pyridine rings is 1. The fourth-order valence-corrected chi connectivity index (χ4v) is 1.94. The zero-order chi connectivity index (χ0) is 13.5. The number of halogens is 1. The van der Waals surface area contributed by atoms with E-state index in [1.54, 1.807) is 6.92 Å². The molecule has 0 amide bonds. The van der Waals surface area contributed by atoms with Crippen molar-refractivity contribution >= 4 is 27.4 Å². The number of nitrogens with zero attached hydrogens (tertiary/aromatic N) is 2. The first-order chi connectivity index (χ1) is 8.57. The van der Waals surface area contributed by atoms with Gasteiger partial charge < -0.3 is 10.4 Å². The fraction of sp³-hybridized carbons (Fsp3) is 0.545. The van der Waals surface area contributed by atoms with Crippen LogP contribution in [-0.2, 0) is 0 Å². The predicted molar refractivity (Wildman–Crippen MR) is 72.8 cm³/mol. The van der Waals surface area contributed by atoms with Crippen LogP contribution in [-0.4, -0.2) is 28.2 Å². The number of rotatable bonds is 7. The summed E-state index contributed by atoms with van der Waals surface area (Å²) >= 11 is 3.31. The van der Waals surface area contributed by atoms with Crippen molar-refractivity contribution in [1.82, 2.24) is 4.98 Å². The molecule has 0 atom stereocenters. The van der Waals surface area contributed by atoms with Crippen LogP contribution >= 0.6 is 15.9 Å². The molecular weight excluding hydrogens is 302 g/mol. The Morgan fingerprint density at radius 1 is 1.50 bits per heavy atom. The van der Waals surface area contributed by atoms with Crippen LogP contribution in [0.15, 0.2) is 10.7 Å². The van der Waals surface area contributed by atoms with Crippen LogP contribution in [0.2, 0.25) is 0 Å². The lowest BCUT2D eigenvalue weighted by Gasteiger charge is -2.09. The number of nitro groups is 1. The number of aliphatic hydroxyl groups is 1. The molecule has 0 aliphatic carbocycles. The van der Waals surface area contributed by atoms with E-state index in [0.29, 0.717) is 15.9 Å². The second-order valence-corrected chi connectivity index (χ2v) is 4.69. The number of aromatic nitrogens is 1. The van der Waals surface area contributed by atoms with Gasteiger partial charge >= 0.3 is 0 Å². The van der Waals surface area contributed by atoms with Gasteiger partial charge in [0.15, 0.2) is 0 Å². The molecule has 0 spiro atoms. The molecule has 0 saturated carbocycles. The number of hydrogen-bond acceptors (Lipinski definition) is 5. The van der Waals surface area contributed by atoms with Gasteiger partial charge in [0, 0.05) is 18.7 Å². The van der Waals surface area contributed by atoms with Crippen LogP contribution in [0.1, 0.15) is 24.8 Å². The molecule has 0 bridgehead atoms. The highest BCUT2D eigenvalue weighted by molar-refractivity contribution is 9.10. The average molecular weight is 318 g/mol. The normalized spacial score (nSPS) is 10.4. The number of nitrogens with one attached hydrogen (secondary N) is 1. The summed E-state index contributed by atoms with van der Waals surface area (Å²) in [6.45, 7) is 2.61. The van der Waals surface area contributed by atoms with Gasteiger partial charge in [-0.3, -0.25) is 10.1 Å². The monoisotopic (exact) mass is 317 g/mol. The summed E-state index contributed by atoms with van der Waals surface area (Å²) in [6, 6.07) is 0. The van der Waals surface area contributed by atoms with E-state index in [-0.39, 0.29) is 12.3 Å². The molecule has 0 aromatic carbocycles. The Labute approximate surface area is 114 Å². The molecule has 0 aliphatic rings. The first-order valence-electron chi connectivity index (χ1n) is 5.72. The van der Waals surface area contributed by atoms with Crippen LogP contribution in [0.3, 0.4) is 0 Å². The van der Waals surface area contributed by atoms with Crippen molar-refractivity contribution in [2.75, 3.05) is 18.5 Å². The standard InChI is InChI=1S/C11H16BrN3O3/c1-8-9(15(17)18)7-14-11(10(8)12)13-5-3-2-4-6-16/h7,16H,2-6H2,1H3,(H,13,14). The van der Waals surface area contributed by atoms with Gasteiger partial charge in [-0.05, 0) is 42.1 Å². The molecule has 0 fully saturated rings. The van der Waals surface area contributed by atoms with Gasteiger partial charge in [-0.25, -0.2) is 4.98 Å². The molecule has 0 radical (unpaired) electrons. The van der Waals surface area contributed by atoms with Crippen molar-refractivity contribution in [3.8, 4) is 0 Å². The number of unbranched alkanes of at least 4 members (excludes halogenated alkanes) is 2.